The van der Waals surface area contributed by atoms with Gasteiger partial charge in [0.2, 0.25) is 11.8 Å². The Hall–Kier alpha value is -3.88. The molecule has 0 saturated heterocycles. The van der Waals surface area contributed by atoms with Crippen molar-refractivity contribution in [3.8, 4) is 0 Å². The van der Waals surface area contributed by atoms with Crippen LogP contribution in [0.15, 0.2) is 42.5 Å². The number of primary amides is 1. The smallest absolute Gasteiger partial charge is 0.408 e. The van der Waals surface area contributed by atoms with Gasteiger partial charge in [-0.1, -0.05) is 62.7 Å². The standard InChI is InChI=1S/C31H44N4O5/c1-8-10-18-35(29(38)24(19-25(32)36)33-30(39)40-31(5,6)7)27(23-16-14-22(9-2)15-17-23)28(37)34-26-20(3)12-11-13-21(26)4/h11-17,24,27H,8-10,18-19H2,1-7H3,(H2,32,36)(H,33,39)(H,34,37). The molecule has 9 nitrogen and oxygen atoms in total. The number of hydrogen-bond donors (Lipinski definition) is 3. The van der Waals surface area contributed by atoms with Crippen LogP contribution in [0.2, 0.25) is 0 Å². The third-order valence-corrected chi connectivity index (χ3v) is 6.42. The first-order valence-corrected chi connectivity index (χ1v) is 13.8. The van der Waals surface area contributed by atoms with Crippen molar-refractivity contribution in [2.24, 2.45) is 5.73 Å². The summed E-state index contributed by atoms with van der Waals surface area (Å²) >= 11 is 0. The van der Waals surface area contributed by atoms with Crippen molar-refractivity contribution in [1.82, 2.24) is 10.2 Å². The molecule has 2 unspecified atom stereocenters. The number of alkyl carbamates (subject to hydrolysis) is 1. The van der Waals surface area contributed by atoms with E-state index in [9.17, 15) is 19.2 Å². The second-order valence-electron chi connectivity index (χ2n) is 11.0. The van der Waals surface area contributed by atoms with Crippen LogP contribution in [0, 0.1) is 13.8 Å². The van der Waals surface area contributed by atoms with E-state index >= 15 is 0 Å². The molecule has 2 atom stereocenters. The molecule has 218 valence electrons. The second kappa shape index (κ2) is 14.5. The van der Waals surface area contributed by atoms with Crippen LogP contribution in [0.5, 0.6) is 0 Å². The zero-order valence-corrected chi connectivity index (χ0v) is 24.8. The maximum atomic E-state index is 14.1. The van der Waals surface area contributed by atoms with E-state index < -0.39 is 47.9 Å². The normalized spacial score (nSPS) is 12.7. The molecule has 0 bridgehead atoms. The monoisotopic (exact) mass is 552 g/mol. The Morgan fingerprint density at radius 2 is 1.57 bits per heavy atom. The number of anilines is 1. The highest BCUT2D eigenvalue weighted by atomic mass is 16.6. The highest BCUT2D eigenvalue weighted by Crippen LogP contribution is 2.28. The molecule has 40 heavy (non-hydrogen) atoms. The van der Waals surface area contributed by atoms with E-state index in [1.165, 1.54) is 4.90 Å². The number of aryl methyl sites for hydroxylation is 3. The summed E-state index contributed by atoms with van der Waals surface area (Å²) in [4.78, 5) is 54.1. The molecule has 0 aromatic heterocycles. The molecule has 0 spiro atoms. The third kappa shape index (κ3) is 9.39. The summed E-state index contributed by atoms with van der Waals surface area (Å²) in [5.74, 6) is -1.77. The van der Waals surface area contributed by atoms with Crippen molar-refractivity contribution < 1.29 is 23.9 Å². The summed E-state index contributed by atoms with van der Waals surface area (Å²) in [6.07, 6.45) is 0.872. The molecular formula is C31H44N4O5. The average Bonchev–Trinajstić information content (AvgIpc) is 2.86. The number of hydrogen-bond acceptors (Lipinski definition) is 5. The Kier molecular flexibility index (Phi) is 11.7. The van der Waals surface area contributed by atoms with Gasteiger partial charge in [-0.05, 0) is 69.7 Å². The van der Waals surface area contributed by atoms with Gasteiger partial charge in [-0.2, -0.15) is 0 Å². The van der Waals surface area contributed by atoms with Gasteiger partial charge < -0.3 is 26.0 Å². The molecule has 0 aliphatic carbocycles. The molecule has 4 amide bonds. The number of ether oxygens (including phenoxy) is 1. The number of carbonyl (C=O) groups excluding carboxylic acids is 4. The first-order chi connectivity index (χ1) is 18.8. The number of para-hydroxylation sites is 1. The van der Waals surface area contributed by atoms with Crippen LogP contribution < -0.4 is 16.4 Å². The van der Waals surface area contributed by atoms with Crippen molar-refractivity contribution in [1.29, 1.82) is 0 Å². The molecule has 2 aromatic carbocycles. The number of carbonyl (C=O) groups is 4. The Labute approximate surface area is 237 Å². The zero-order valence-electron chi connectivity index (χ0n) is 24.8. The van der Waals surface area contributed by atoms with Crippen LogP contribution in [0.3, 0.4) is 0 Å². The van der Waals surface area contributed by atoms with Gasteiger partial charge >= 0.3 is 6.09 Å². The lowest BCUT2D eigenvalue weighted by molar-refractivity contribution is -0.142. The van der Waals surface area contributed by atoms with Crippen molar-refractivity contribution >= 4 is 29.5 Å². The van der Waals surface area contributed by atoms with Crippen molar-refractivity contribution in [2.45, 2.75) is 91.8 Å². The Morgan fingerprint density at radius 3 is 2.08 bits per heavy atom. The highest BCUT2D eigenvalue weighted by molar-refractivity contribution is 6.00. The molecule has 0 aliphatic heterocycles. The molecule has 2 aromatic rings. The number of nitrogens with one attached hydrogen (secondary N) is 2. The molecular weight excluding hydrogens is 508 g/mol. The summed E-state index contributed by atoms with van der Waals surface area (Å²) in [5, 5.41) is 5.54. The van der Waals surface area contributed by atoms with E-state index in [0.29, 0.717) is 17.7 Å². The third-order valence-electron chi connectivity index (χ3n) is 6.42. The first kappa shape index (κ1) is 32.3. The van der Waals surface area contributed by atoms with Crippen LogP contribution in [0.4, 0.5) is 10.5 Å². The molecule has 0 aliphatic rings. The summed E-state index contributed by atoms with van der Waals surface area (Å²) in [5.41, 5.74) is 8.79. The fraction of sp³-hybridized carbons (Fsp3) is 0.484. The Bertz CT molecular complexity index is 1170. The lowest BCUT2D eigenvalue weighted by Crippen LogP contribution is -2.53. The van der Waals surface area contributed by atoms with Crippen LogP contribution >= 0.6 is 0 Å². The predicted octanol–water partition coefficient (Wildman–Crippen LogP) is 4.94. The highest BCUT2D eigenvalue weighted by Gasteiger charge is 2.37. The van der Waals surface area contributed by atoms with Crippen LogP contribution in [0.1, 0.15) is 82.2 Å². The van der Waals surface area contributed by atoms with Crippen LogP contribution in [-0.4, -0.2) is 46.9 Å². The number of benzene rings is 2. The molecule has 9 heteroatoms. The van der Waals surface area contributed by atoms with Gasteiger partial charge in [0.25, 0.3) is 5.91 Å². The van der Waals surface area contributed by atoms with E-state index in [0.717, 1.165) is 29.5 Å². The van der Waals surface area contributed by atoms with E-state index in [1.807, 2.05) is 70.2 Å². The quantitative estimate of drug-likeness (QED) is 0.343. The van der Waals surface area contributed by atoms with Gasteiger partial charge in [-0.25, -0.2) is 4.79 Å². The van der Waals surface area contributed by atoms with E-state index in [2.05, 4.69) is 10.6 Å². The topological polar surface area (TPSA) is 131 Å². The Morgan fingerprint density at radius 1 is 0.975 bits per heavy atom. The van der Waals surface area contributed by atoms with Crippen molar-refractivity contribution in [3.05, 3.63) is 64.7 Å². The largest absolute Gasteiger partial charge is 0.444 e. The zero-order chi connectivity index (χ0) is 30.0. The van der Waals surface area contributed by atoms with Gasteiger partial charge in [0.05, 0.1) is 6.42 Å². The number of nitrogens with zero attached hydrogens (tertiary/aromatic N) is 1. The minimum Gasteiger partial charge on any atom is -0.444 e. The van der Waals surface area contributed by atoms with E-state index in [-0.39, 0.29) is 6.54 Å². The molecule has 0 saturated carbocycles. The van der Waals surface area contributed by atoms with E-state index in [4.69, 9.17) is 10.5 Å². The fourth-order valence-corrected chi connectivity index (χ4v) is 4.36. The SMILES string of the molecule is CCCCN(C(=O)C(CC(N)=O)NC(=O)OC(C)(C)C)C(C(=O)Nc1c(C)cccc1C)c1ccc(CC)cc1. The van der Waals surface area contributed by atoms with Gasteiger partial charge in [0, 0.05) is 12.2 Å². The van der Waals surface area contributed by atoms with Gasteiger partial charge in [-0.15, -0.1) is 0 Å². The maximum absolute atomic E-state index is 14.1. The van der Waals surface area contributed by atoms with Crippen LogP contribution in [0.25, 0.3) is 0 Å². The van der Waals surface area contributed by atoms with Crippen molar-refractivity contribution in [2.75, 3.05) is 11.9 Å². The van der Waals surface area contributed by atoms with Crippen LogP contribution in [-0.2, 0) is 25.5 Å². The van der Waals surface area contributed by atoms with E-state index in [1.54, 1.807) is 20.8 Å². The number of amides is 4. The lowest BCUT2D eigenvalue weighted by atomic mass is 9.99. The summed E-state index contributed by atoms with van der Waals surface area (Å²) < 4.78 is 5.33. The molecule has 0 radical (unpaired) electrons. The van der Waals surface area contributed by atoms with Gasteiger partial charge in [0.1, 0.15) is 17.7 Å². The fourth-order valence-electron chi connectivity index (χ4n) is 4.36. The maximum Gasteiger partial charge on any atom is 0.408 e. The summed E-state index contributed by atoms with van der Waals surface area (Å²) in [6, 6.07) is 10.9. The predicted molar refractivity (Wildman–Crippen MR) is 157 cm³/mol. The minimum atomic E-state index is -1.31. The summed E-state index contributed by atoms with van der Waals surface area (Å²) in [6.45, 7) is 13.1. The molecule has 2 rings (SSSR count). The van der Waals surface area contributed by atoms with Gasteiger partial charge in [-0.3, -0.25) is 14.4 Å². The first-order valence-electron chi connectivity index (χ1n) is 13.8. The molecule has 0 heterocycles. The Balaban J connectivity index is 2.58. The number of rotatable bonds is 12. The van der Waals surface area contributed by atoms with Gasteiger partial charge in [0.15, 0.2) is 0 Å². The number of nitrogens with two attached hydrogens (primary N) is 1. The molecule has 4 N–H and O–H groups in total. The lowest BCUT2D eigenvalue weighted by Gasteiger charge is -2.34. The molecule has 0 fully saturated rings. The average molecular weight is 553 g/mol. The van der Waals surface area contributed by atoms with Crippen molar-refractivity contribution in [3.63, 3.8) is 0 Å². The second-order valence-corrected chi connectivity index (χ2v) is 11.0. The summed E-state index contributed by atoms with van der Waals surface area (Å²) in [7, 11) is 0. The number of unbranched alkanes of at least 4 members (excludes halogenated alkanes) is 1. The minimum absolute atomic E-state index is 0.223.